The first-order valence-electron chi connectivity index (χ1n) is 4.74. The maximum absolute atomic E-state index is 10.9. The predicted octanol–water partition coefficient (Wildman–Crippen LogP) is 2.07. The zero-order chi connectivity index (χ0) is 12.0. The monoisotopic (exact) mass is 216 g/mol. The van der Waals surface area contributed by atoms with Crippen LogP contribution in [-0.2, 0) is 11.2 Å². The van der Waals surface area contributed by atoms with E-state index in [4.69, 9.17) is 16.3 Å². The summed E-state index contributed by atoms with van der Waals surface area (Å²) in [6.07, 6.45) is 7.07. The lowest BCUT2D eigenvalue weighted by atomic mass is 10.0. The van der Waals surface area contributed by atoms with Gasteiger partial charge in [0.1, 0.15) is 0 Å². The van der Waals surface area contributed by atoms with Gasteiger partial charge in [0.25, 0.3) is 0 Å². The minimum atomic E-state index is -0.961. The first kappa shape index (κ1) is 11.9. The first-order chi connectivity index (χ1) is 7.69. The third-order valence-electron chi connectivity index (χ3n) is 2.11. The third kappa shape index (κ3) is 2.89. The Morgan fingerprint density at radius 3 is 2.94 bits per heavy atom. The number of hydrogen-bond donors (Lipinski definition) is 1. The Balaban J connectivity index is 2.96. The van der Waals surface area contributed by atoms with Gasteiger partial charge in [0.05, 0.1) is 18.4 Å². The van der Waals surface area contributed by atoms with Gasteiger partial charge in [-0.2, -0.15) is 0 Å². The average Bonchev–Trinajstić information content (AvgIpc) is 2.29. The molecule has 0 atom stereocenters. The lowest BCUT2D eigenvalue weighted by Gasteiger charge is -2.06. The summed E-state index contributed by atoms with van der Waals surface area (Å²) in [6, 6.07) is 4.82. The van der Waals surface area contributed by atoms with Crippen molar-refractivity contribution in [3.63, 3.8) is 0 Å². The van der Waals surface area contributed by atoms with Crippen molar-refractivity contribution < 1.29 is 14.6 Å². The van der Waals surface area contributed by atoms with Crippen LogP contribution >= 0.6 is 0 Å². The van der Waals surface area contributed by atoms with Gasteiger partial charge in [-0.1, -0.05) is 12.5 Å². The van der Waals surface area contributed by atoms with Crippen LogP contribution in [0.3, 0.4) is 0 Å². The molecule has 0 saturated carbocycles. The van der Waals surface area contributed by atoms with Crippen LogP contribution in [0.5, 0.6) is 0 Å². The van der Waals surface area contributed by atoms with Crippen LogP contribution in [0.25, 0.3) is 0 Å². The first-order valence-corrected chi connectivity index (χ1v) is 4.74. The number of carboxylic acid groups (broad SMARTS) is 1. The molecule has 82 valence electrons. The quantitative estimate of drug-likeness (QED) is 0.465. The van der Waals surface area contributed by atoms with Crippen LogP contribution in [0.4, 0.5) is 0 Å². The van der Waals surface area contributed by atoms with Gasteiger partial charge in [-0.3, -0.25) is 0 Å². The van der Waals surface area contributed by atoms with Crippen molar-refractivity contribution in [1.82, 2.24) is 0 Å². The van der Waals surface area contributed by atoms with Crippen molar-refractivity contribution in [3.8, 4) is 12.3 Å². The molecule has 0 bridgehead atoms. The van der Waals surface area contributed by atoms with E-state index in [-0.39, 0.29) is 5.56 Å². The molecule has 0 saturated heterocycles. The molecule has 0 aliphatic rings. The van der Waals surface area contributed by atoms with E-state index in [1.807, 2.05) is 0 Å². The zero-order valence-corrected chi connectivity index (χ0v) is 8.77. The van der Waals surface area contributed by atoms with Crippen LogP contribution in [0, 0.1) is 12.3 Å². The summed E-state index contributed by atoms with van der Waals surface area (Å²) in [6.45, 7) is 3.80. The molecular formula is C13H12O3. The Morgan fingerprint density at radius 2 is 2.38 bits per heavy atom. The van der Waals surface area contributed by atoms with Crippen LogP contribution in [0.1, 0.15) is 21.5 Å². The number of hydrogen-bond acceptors (Lipinski definition) is 2. The van der Waals surface area contributed by atoms with Gasteiger partial charge in [0, 0.05) is 12.0 Å². The van der Waals surface area contributed by atoms with E-state index in [2.05, 4.69) is 12.5 Å². The van der Waals surface area contributed by atoms with Gasteiger partial charge in [-0.05, 0) is 23.8 Å². The smallest absolute Gasteiger partial charge is 0.335 e. The summed E-state index contributed by atoms with van der Waals surface area (Å²) in [4.78, 5) is 10.9. The maximum Gasteiger partial charge on any atom is 0.335 e. The molecule has 1 N–H and O–H groups in total. The molecule has 0 heterocycles. The maximum atomic E-state index is 10.9. The molecule has 0 unspecified atom stereocenters. The molecule has 3 nitrogen and oxygen atoms in total. The van der Waals surface area contributed by atoms with E-state index in [0.717, 1.165) is 0 Å². The molecule has 16 heavy (non-hydrogen) atoms. The van der Waals surface area contributed by atoms with Gasteiger partial charge in [-0.15, -0.1) is 6.42 Å². The number of rotatable bonds is 5. The molecule has 0 amide bonds. The van der Waals surface area contributed by atoms with Crippen molar-refractivity contribution in [2.24, 2.45) is 0 Å². The van der Waals surface area contributed by atoms with Crippen molar-refractivity contribution in [2.45, 2.75) is 6.42 Å². The van der Waals surface area contributed by atoms with Crippen molar-refractivity contribution in [3.05, 3.63) is 47.7 Å². The average molecular weight is 216 g/mol. The van der Waals surface area contributed by atoms with Crippen molar-refractivity contribution >= 4 is 5.97 Å². The molecule has 1 aromatic rings. The van der Waals surface area contributed by atoms with Gasteiger partial charge in [0.15, 0.2) is 0 Å². The minimum absolute atomic E-state index is 0.256. The Hall–Kier alpha value is -2.21. The molecular weight excluding hydrogens is 204 g/mol. The van der Waals surface area contributed by atoms with Gasteiger partial charge < -0.3 is 9.84 Å². The largest absolute Gasteiger partial charge is 0.501 e. The Morgan fingerprint density at radius 1 is 1.62 bits per heavy atom. The Bertz CT molecular complexity index is 441. The molecule has 0 fully saturated rings. The molecule has 1 rings (SSSR count). The fraction of sp³-hybridized carbons (Fsp3) is 0.154. The predicted molar refractivity (Wildman–Crippen MR) is 61.2 cm³/mol. The fourth-order valence-corrected chi connectivity index (χ4v) is 1.35. The molecule has 0 radical (unpaired) electrons. The third-order valence-corrected chi connectivity index (χ3v) is 2.11. The van der Waals surface area contributed by atoms with E-state index in [0.29, 0.717) is 24.2 Å². The number of ether oxygens (including phenoxy) is 1. The van der Waals surface area contributed by atoms with E-state index < -0.39 is 5.97 Å². The van der Waals surface area contributed by atoms with Gasteiger partial charge in [-0.25, -0.2) is 4.79 Å². The lowest BCUT2D eigenvalue weighted by molar-refractivity contribution is 0.0695. The van der Waals surface area contributed by atoms with Crippen molar-refractivity contribution in [1.29, 1.82) is 0 Å². The Kier molecular flexibility index (Phi) is 4.16. The molecule has 0 aliphatic heterocycles. The number of carboxylic acids is 1. The molecule has 1 aromatic carbocycles. The summed E-state index contributed by atoms with van der Waals surface area (Å²) < 4.78 is 4.96. The highest BCUT2D eigenvalue weighted by molar-refractivity contribution is 5.89. The summed E-state index contributed by atoms with van der Waals surface area (Å²) in [5.41, 5.74) is 1.59. The SMILES string of the molecule is C#Cc1ccc(C(=O)O)c(CCOC=C)c1. The molecule has 3 heteroatoms. The van der Waals surface area contributed by atoms with Crippen LogP contribution in [0.2, 0.25) is 0 Å². The van der Waals surface area contributed by atoms with Gasteiger partial charge >= 0.3 is 5.97 Å². The number of carbonyl (C=O) groups is 1. The normalized spacial score (nSPS) is 9.19. The lowest BCUT2D eigenvalue weighted by Crippen LogP contribution is -2.05. The van der Waals surface area contributed by atoms with E-state index in [1.54, 1.807) is 12.1 Å². The highest BCUT2D eigenvalue weighted by Crippen LogP contribution is 2.13. The minimum Gasteiger partial charge on any atom is -0.501 e. The van der Waals surface area contributed by atoms with E-state index >= 15 is 0 Å². The Labute approximate surface area is 94.4 Å². The summed E-state index contributed by atoms with van der Waals surface area (Å²) in [5.74, 6) is 1.51. The standard InChI is InChI=1S/C13H12O3/c1-3-10-5-6-12(13(14)15)11(9-10)7-8-16-4-2/h1,4-6,9H,2,7-8H2,(H,14,15). The molecule has 0 aliphatic carbocycles. The highest BCUT2D eigenvalue weighted by atomic mass is 16.5. The van der Waals surface area contributed by atoms with Crippen LogP contribution < -0.4 is 0 Å². The van der Waals surface area contributed by atoms with Crippen molar-refractivity contribution in [2.75, 3.05) is 6.61 Å². The summed E-state index contributed by atoms with van der Waals surface area (Å²) in [7, 11) is 0. The fourth-order valence-electron chi connectivity index (χ4n) is 1.35. The van der Waals surface area contributed by atoms with Gasteiger partial charge in [0.2, 0.25) is 0 Å². The topological polar surface area (TPSA) is 46.5 Å². The summed E-state index contributed by atoms with van der Waals surface area (Å²) in [5, 5.41) is 8.97. The number of aromatic carboxylic acids is 1. The van der Waals surface area contributed by atoms with E-state index in [1.165, 1.54) is 12.3 Å². The second-order valence-electron chi connectivity index (χ2n) is 3.11. The number of terminal acetylenes is 1. The van der Waals surface area contributed by atoms with Crippen LogP contribution in [0.15, 0.2) is 31.0 Å². The second-order valence-corrected chi connectivity index (χ2v) is 3.11. The summed E-state index contributed by atoms with van der Waals surface area (Å²) >= 11 is 0. The van der Waals surface area contributed by atoms with E-state index in [9.17, 15) is 4.79 Å². The zero-order valence-electron chi connectivity index (χ0n) is 8.77. The second kappa shape index (κ2) is 5.62. The van der Waals surface area contributed by atoms with Crippen LogP contribution in [-0.4, -0.2) is 17.7 Å². The highest BCUT2D eigenvalue weighted by Gasteiger charge is 2.09. The number of benzene rings is 1. The molecule has 0 aromatic heterocycles. The molecule has 0 spiro atoms.